The molecule has 0 aliphatic heterocycles. The van der Waals surface area contributed by atoms with Gasteiger partial charge < -0.3 is 14.8 Å². The van der Waals surface area contributed by atoms with Crippen LogP contribution in [0.3, 0.4) is 0 Å². The number of rotatable bonds is 4. The number of halogens is 1. The molecule has 0 aliphatic rings. The van der Waals surface area contributed by atoms with Crippen molar-refractivity contribution in [1.29, 1.82) is 0 Å². The van der Waals surface area contributed by atoms with E-state index in [-0.39, 0.29) is 5.69 Å². The van der Waals surface area contributed by atoms with Crippen molar-refractivity contribution in [3.05, 3.63) is 62.4 Å². The molecule has 2 N–H and O–H groups in total. The van der Waals surface area contributed by atoms with Gasteiger partial charge in [-0.2, -0.15) is 0 Å². The van der Waals surface area contributed by atoms with Crippen molar-refractivity contribution in [1.82, 2.24) is 9.97 Å². The average molecular weight is 378 g/mol. The first-order chi connectivity index (χ1) is 11.0. The summed E-state index contributed by atoms with van der Waals surface area (Å²) in [7, 11) is 1.45. The lowest BCUT2D eigenvalue weighted by molar-refractivity contribution is -0.385. The summed E-state index contributed by atoms with van der Waals surface area (Å²) in [5.41, 5.74) is 1.39. The normalized spacial score (nSPS) is 12.3. The van der Waals surface area contributed by atoms with Crippen molar-refractivity contribution < 1.29 is 14.8 Å². The van der Waals surface area contributed by atoms with E-state index in [1.165, 1.54) is 25.3 Å². The number of pyridine rings is 1. The Balaban J connectivity index is 2.14. The molecule has 1 unspecified atom stereocenters. The zero-order chi connectivity index (χ0) is 16.6. The number of aromatic nitrogens is 2. The van der Waals surface area contributed by atoms with E-state index in [0.29, 0.717) is 22.5 Å². The first-order valence-corrected chi connectivity index (χ1v) is 7.43. The second kappa shape index (κ2) is 5.98. The number of hydrogen-bond donors (Lipinski definition) is 2. The third-order valence-corrected chi connectivity index (χ3v) is 3.98. The number of non-ortho nitro benzene ring substituents is 1. The van der Waals surface area contributed by atoms with E-state index in [9.17, 15) is 15.2 Å². The van der Waals surface area contributed by atoms with Crippen LogP contribution in [0.2, 0.25) is 0 Å². The fourth-order valence-electron chi connectivity index (χ4n) is 2.44. The molecule has 1 atom stereocenters. The molecule has 23 heavy (non-hydrogen) atoms. The lowest BCUT2D eigenvalue weighted by Gasteiger charge is -2.14. The number of nitrogens with zero attached hydrogens (tertiary/aromatic N) is 2. The Bertz CT molecular complexity index is 894. The quantitative estimate of drug-likeness (QED) is 0.536. The van der Waals surface area contributed by atoms with Crippen LogP contribution in [0.25, 0.3) is 11.0 Å². The number of aliphatic hydroxyl groups is 1. The predicted molar refractivity (Wildman–Crippen MR) is 87.5 cm³/mol. The van der Waals surface area contributed by atoms with E-state index in [2.05, 4.69) is 25.9 Å². The monoisotopic (exact) mass is 377 g/mol. The molecule has 118 valence electrons. The van der Waals surface area contributed by atoms with Crippen LogP contribution in [0.15, 0.2) is 41.1 Å². The number of ether oxygens (including phenoxy) is 1. The van der Waals surface area contributed by atoms with Gasteiger partial charge in [0.2, 0.25) is 0 Å². The summed E-state index contributed by atoms with van der Waals surface area (Å²) in [5.74, 6) is 0.375. The number of fused-ring (bicyclic) bond motifs is 1. The molecular weight excluding hydrogens is 366 g/mol. The number of aliphatic hydroxyl groups excluding tert-OH is 1. The highest BCUT2D eigenvalue weighted by molar-refractivity contribution is 9.10. The zero-order valence-corrected chi connectivity index (χ0v) is 13.6. The molecule has 0 bridgehead atoms. The number of methoxy groups -OCH3 is 1. The van der Waals surface area contributed by atoms with Gasteiger partial charge in [-0.1, -0.05) is 0 Å². The zero-order valence-electron chi connectivity index (χ0n) is 12.0. The maximum atomic E-state index is 11.0. The third kappa shape index (κ3) is 2.78. The molecule has 0 fully saturated rings. The highest BCUT2D eigenvalue weighted by atomic mass is 79.9. The first-order valence-electron chi connectivity index (χ1n) is 6.64. The number of H-pyrrole nitrogens is 1. The number of nitro benzene ring substituents is 1. The van der Waals surface area contributed by atoms with Crippen molar-refractivity contribution >= 4 is 32.7 Å². The van der Waals surface area contributed by atoms with Crippen molar-refractivity contribution in [2.75, 3.05) is 7.11 Å². The van der Waals surface area contributed by atoms with Crippen molar-refractivity contribution in [2.45, 2.75) is 6.10 Å². The standard InChI is InChI=1S/C15H12BrN3O4/c1-23-13-3-2-9(19(21)22)5-11(13)14(20)12-7-18-15-10(12)4-8(16)6-17-15/h2-7,14,20H,1H3,(H,17,18). The molecular formula is C15H12BrN3O4. The summed E-state index contributed by atoms with van der Waals surface area (Å²) >= 11 is 3.34. The fraction of sp³-hybridized carbons (Fsp3) is 0.133. The lowest BCUT2D eigenvalue weighted by Crippen LogP contribution is -2.03. The molecule has 2 aromatic heterocycles. The average Bonchev–Trinajstić information content (AvgIpc) is 2.96. The summed E-state index contributed by atoms with van der Waals surface area (Å²) in [4.78, 5) is 17.7. The smallest absolute Gasteiger partial charge is 0.270 e. The van der Waals surface area contributed by atoms with Crippen LogP contribution in [0.5, 0.6) is 5.75 Å². The second-order valence-electron chi connectivity index (χ2n) is 4.88. The molecule has 0 saturated carbocycles. The Morgan fingerprint density at radius 1 is 1.39 bits per heavy atom. The molecule has 0 saturated heterocycles. The molecule has 0 spiro atoms. The second-order valence-corrected chi connectivity index (χ2v) is 5.80. The molecule has 0 radical (unpaired) electrons. The van der Waals surface area contributed by atoms with Gasteiger partial charge in [-0.25, -0.2) is 4.98 Å². The van der Waals surface area contributed by atoms with Gasteiger partial charge in [-0.3, -0.25) is 10.1 Å². The molecule has 0 amide bonds. The molecule has 8 heteroatoms. The topological polar surface area (TPSA) is 101 Å². The fourth-order valence-corrected chi connectivity index (χ4v) is 2.77. The van der Waals surface area contributed by atoms with Crippen molar-refractivity contribution in [3.8, 4) is 5.75 Å². The molecule has 1 aromatic carbocycles. The Morgan fingerprint density at radius 3 is 2.87 bits per heavy atom. The Hall–Kier alpha value is -2.45. The van der Waals surface area contributed by atoms with Gasteiger partial charge in [0.15, 0.2) is 0 Å². The van der Waals surface area contributed by atoms with E-state index < -0.39 is 11.0 Å². The lowest BCUT2D eigenvalue weighted by atomic mass is 10.00. The van der Waals surface area contributed by atoms with Gasteiger partial charge in [0.1, 0.15) is 17.5 Å². The number of nitro groups is 1. The highest BCUT2D eigenvalue weighted by Gasteiger charge is 2.22. The van der Waals surface area contributed by atoms with E-state index >= 15 is 0 Å². The van der Waals surface area contributed by atoms with Crippen molar-refractivity contribution in [3.63, 3.8) is 0 Å². The van der Waals surface area contributed by atoms with Gasteiger partial charge in [0.05, 0.1) is 12.0 Å². The molecule has 2 heterocycles. The third-order valence-electron chi connectivity index (χ3n) is 3.54. The number of hydrogen-bond acceptors (Lipinski definition) is 5. The van der Waals surface area contributed by atoms with E-state index in [0.717, 1.165) is 9.86 Å². The Kier molecular flexibility index (Phi) is 4.01. The first kappa shape index (κ1) is 15.4. The number of benzene rings is 1. The molecule has 3 rings (SSSR count). The van der Waals surface area contributed by atoms with E-state index in [1.54, 1.807) is 12.4 Å². The van der Waals surface area contributed by atoms with Crippen molar-refractivity contribution in [2.24, 2.45) is 0 Å². The van der Waals surface area contributed by atoms with Crippen LogP contribution < -0.4 is 4.74 Å². The molecule has 7 nitrogen and oxygen atoms in total. The van der Waals surface area contributed by atoms with Crippen LogP contribution in [-0.4, -0.2) is 27.1 Å². The van der Waals surface area contributed by atoms with E-state index in [1.807, 2.05) is 6.07 Å². The van der Waals surface area contributed by atoms with Gasteiger partial charge in [-0.05, 0) is 28.1 Å². The van der Waals surface area contributed by atoms with Gasteiger partial charge >= 0.3 is 0 Å². The van der Waals surface area contributed by atoms with Gasteiger partial charge in [0, 0.05) is 45.5 Å². The van der Waals surface area contributed by atoms with Crippen LogP contribution in [0.1, 0.15) is 17.2 Å². The Labute approximate surface area is 139 Å². The maximum absolute atomic E-state index is 11.0. The van der Waals surface area contributed by atoms with E-state index in [4.69, 9.17) is 4.74 Å². The van der Waals surface area contributed by atoms with Crippen LogP contribution in [0.4, 0.5) is 5.69 Å². The highest BCUT2D eigenvalue weighted by Crippen LogP contribution is 2.36. The SMILES string of the molecule is COc1ccc([N+](=O)[O-])cc1C(O)c1c[nH]c2ncc(Br)cc12. The molecule has 3 aromatic rings. The number of aromatic amines is 1. The summed E-state index contributed by atoms with van der Waals surface area (Å²) in [6.07, 6.45) is 2.19. The van der Waals surface area contributed by atoms with Gasteiger partial charge in [-0.15, -0.1) is 0 Å². The minimum atomic E-state index is -1.09. The minimum Gasteiger partial charge on any atom is -0.496 e. The largest absolute Gasteiger partial charge is 0.496 e. The predicted octanol–water partition coefficient (Wildman–Crippen LogP) is 3.32. The minimum absolute atomic E-state index is 0.112. The molecule has 0 aliphatic carbocycles. The van der Waals surface area contributed by atoms with Crippen LogP contribution >= 0.6 is 15.9 Å². The van der Waals surface area contributed by atoms with Gasteiger partial charge in [0.25, 0.3) is 5.69 Å². The Morgan fingerprint density at radius 2 is 2.17 bits per heavy atom. The van der Waals surface area contributed by atoms with Crippen LogP contribution in [0, 0.1) is 10.1 Å². The summed E-state index contributed by atoms with van der Waals surface area (Å²) in [6, 6.07) is 5.94. The summed E-state index contributed by atoms with van der Waals surface area (Å²) < 4.78 is 5.99. The summed E-state index contributed by atoms with van der Waals surface area (Å²) in [5, 5.41) is 22.4. The maximum Gasteiger partial charge on any atom is 0.270 e. The van der Waals surface area contributed by atoms with Crippen LogP contribution in [-0.2, 0) is 0 Å². The summed E-state index contributed by atoms with van der Waals surface area (Å²) in [6.45, 7) is 0. The number of nitrogens with one attached hydrogen (secondary N) is 1.